The molecule has 0 unspecified atom stereocenters. The standard InChI is InChI=1S/C14H19N3O/c15-11-8-12-10(3-4-14(18)17-12)7-13(11)16-6-5-9-1-2-9/h7-9,16H,1-6,15H2,(H,17,18). The molecule has 0 radical (unpaired) electrons. The Hall–Kier alpha value is -1.71. The third kappa shape index (κ3) is 2.42. The zero-order valence-electron chi connectivity index (χ0n) is 10.5. The third-order valence-corrected chi connectivity index (χ3v) is 3.74. The van der Waals surface area contributed by atoms with Crippen molar-refractivity contribution in [3.8, 4) is 0 Å². The highest BCUT2D eigenvalue weighted by atomic mass is 16.1. The highest BCUT2D eigenvalue weighted by molar-refractivity contribution is 5.95. The van der Waals surface area contributed by atoms with Crippen molar-refractivity contribution in [2.24, 2.45) is 5.92 Å². The number of hydrogen-bond donors (Lipinski definition) is 3. The fourth-order valence-electron chi connectivity index (χ4n) is 2.42. The zero-order chi connectivity index (χ0) is 12.5. The van der Waals surface area contributed by atoms with Crippen LogP contribution in [0.15, 0.2) is 12.1 Å². The van der Waals surface area contributed by atoms with Crippen LogP contribution in [0, 0.1) is 5.92 Å². The number of amides is 1. The lowest BCUT2D eigenvalue weighted by atomic mass is 10.0. The van der Waals surface area contributed by atoms with Gasteiger partial charge in [-0.15, -0.1) is 0 Å². The molecule has 1 fully saturated rings. The van der Waals surface area contributed by atoms with Crippen molar-refractivity contribution in [1.82, 2.24) is 0 Å². The lowest BCUT2D eigenvalue weighted by molar-refractivity contribution is -0.116. The summed E-state index contributed by atoms with van der Waals surface area (Å²) < 4.78 is 0. The van der Waals surface area contributed by atoms with Gasteiger partial charge in [-0.1, -0.05) is 12.8 Å². The molecule has 4 heteroatoms. The first-order chi connectivity index (χ1) is 8.72. The van der Waals surface area contributed by atoms with E-state index in [-0.39, 0.29) is 5.91 Å². The normalized spacial score (nSPS) is 18.1. The van der Waals surface area contributed by atoms with E-state index in [1.807, 2.05) is 6.07 Å². The first-order valence-corrected chi connectivity index (χ1v) is 6.68. The molecule has 1 saturated carbocycles. The minimum Gasteiger partial charge on any atom is -0.397 e. The average molecular weight is 245 g/mol. The molecule has 18 heavy (non-hydrogen) atoms. The molecule has 0 saturated heterocycles. The van der Waals surface area contributed by atoms with Gasteiger partial charge in [0.05, 0.1) is 11.4 Å². The Morgan fingerprint density at radius 3 is 2.94 bits per heavy atom. The number of aryl methyl sites for hydroxylation is 1. The summed E-state index contributed by atoms with van der Waals surface area (Å²) in [4.78, 5) is 11.3. The maximum Gasteiger partial charge on any atom is 0.224 e. The number of rotatable bonds is 4. The average Bonchev–Trinajstić information content (AvgIpc) is 3.14. The van der Waals surface area contributed by atoms with Crippen molar-refractivity contribution in [2.45, 2.75) is 32.1 Å². The van der Waals surface area contributed by atoms with Crippen molar-refractivity contribution in [1.29, 1.82) is 0 Å². The summed E-state index contributed by atoms with van der Waals surface area (Å²) in [6, 6.07) is 3.95. The van der Waals surface area contributed by atoms with Crippen LogP contribution in [0.1, 0.15) is 31.2 Å². The minimum atomic E-state index is 0.0799. The highest BCUT2D eigenvalue weighted by Crippen LogP contribution is 2.33. The van der Waals surface area contributed by atoms with E-state index >= 15 is 0 Å². The molecule has 1 aliphatic carbocycles. The number of fused-ring (bicyclic) bond motifs is 1. The molecule has 1 aromatic rings. The van der Waals surface area contributed by atoms with Gasteiger partial charge in [-0.25, -0.2) is 0 Å². The van der Waals surface area contributed by atoms with Gasteiger partial charge in [0.15, 0.2) is 0 Å². The highest BCUT2D eigenvalue weighted by Gasteiger charge is 2.21. The van der Waals surface area contributed by atoms with Crippen LogP contribution in [-0.2, 0) is 11.2 Å². The second-order valence-electron chi connectivity index (χ2n) is 5.30. The molecule has 3 rings (SSSR count). The van der Waals surface area contributed by atoms with Gasteiger partial charge < -0.3 is 16.4 Å². The van der Waals surface area contributed by atoms with Crippen molar-refractivity contribution in [3.63, 3.8) is 0 Å². The third-order valence-electron chi connectivity index (χ3n) is 3.74. The number of benzene rings is 1. The van der Waals surface area contributed by atoms with E-state index in [1.54, 1.807) is 0 Å². The molecule has 1 aliphatic heterocycles. The molecule has 1 amide bonds. The van der Waals surface area contributed by atoms with Gasteiger partial charge in [0.1, 0.15) is 0 Å². The maximum absolute atomic E-state index is 11.3. The summed E-state index contributed by atoms with van der Waals surface area (Å²) in [5, 5.41) is 6.27. The van der Waals surface area contributed by atoms with Gasteiger partial charge in [-0.3, -0.25) is 4.79 Å². The SMILES string of the molecule is Nc1cc2c(cc1NCCC1CC1)CCC(=O)N2. The largest absolute Gasteiger partial charge is 0.397 e. The summed E-state index contributed by atoms with van der Waals surface area (Å²) in [6.07, 6.45) is 5.37. The number of nitrogens with one attached hydrogen (secondary N) is 2. The molecule has 1 aromatic carbocycles. The fourth-order valence-corrected chi connectivity index (χ4v) is 2.42. The Morgan fingerprint density at radius 1 is 1.33 bits per heavy atom. The molecular formula is C14H19N3O. The molecule has 0 spiro atoms. The van der Waals surface area contributed by atoms with Crippen molar-refractivity contribution >= 4 is 23.0 Å². The Labute approximate surface area is 107 Å². The lowest BCUT2D eigenvalue weighted by Gasteiger charge is -2.19. The van der Waals surface area contributed by atoms with Crippen molar-refractivity contribution in [3.05, 3.63) is 17.7 Å². The molecule has 4 nitrogen and oxygen atoms in total. The van der Waals surface area contributed by atoms with Crippen LogP contribution in [0.25, 0.3) is 0 Å². The van der Waals surface area contributed by atoms with E-state index in [1.165, 1.54) is 24.8 Å². The van der Waals surface area contributed by atoms with Crippen molar-refractivity contribution in [2.75, 3.05) is 22.9 Å². The van der Waals surface area contributed by atoms with Crippen molar-refractivity contribution < 1.29 is 4.79 Å². The van der Waals surface area contributed by atoms with Crippen LogP contribution < -0.4 is 16.4 Å². The van der Waals surface area contributed by atoms with E-state index in [2.05, 4.69) is 16.7 Å². The molecule has 0 bridgehead atoms. The first kappa shape index (κ1) is 11.4. The monoisotopic (exact) mass is 245 g/mol. The number of anilines is 3. The Morgan fingerprint density at radius 2 is 2.17 bits per heavy atom. The van der Waals surface area contributed by atoms with Gasteiger partial charge in [-0.2, -0.15) is 0 Å². The predicted molar refractivity (Wildman–Crippen MR) is 73.6 cm³/mol. The predicted octanol–water partition coefficient (Wildman–Crippen LogP) is 2.37. The quantitative estimate of drug-likeness (QED) is 0.713. The molecule has 1 heterocycles. The number of carbonyl (C=O) groups excluding carboxylic acids is 1. The summed E-state index contributed by atoms with van der Waals surface area (Å²) in [6.45, 7) is 0.986. The number of nitrogen functional groups attached to an aromatic ring is 1. The molecule has 0 aromatic heterocycles. The van der Waals surface area contributed by atoms with Gasteiger partial charge in [0.2, 0.25) is 5.91 Å². The molecular weight excluding hydrogens is 226 g/mol. The van der Waals surface area contributed by atoms with Gasteiger partial charge in [0.25, 0.3) is 0 Å². The van der Waals surface area contributed by atoms with E-state index in [4.69, 9.17) is 5.73 Å². The van der Waals surface area contributed by atoms with E-state index in [0.717, 1.165) is 30.3 Å². The lowest BCUT2D eigenvalue weighted by Crippen LogP contribution is -2.19. The van der Waals surface area contributed by atoms with Crippen LogP contribution in [0.3, 0.4) is 0 Å². The maximum atomic E-state index is 11.3. The summed E-state index contributed by atoms with van der Waals surface area (Å²) >= 11 is 0. The van der Waals surface area contributed by atoms with Gasteiger partial charge in [0, 0.05) is 18.7 Å². The Kier molecular flexibility index (Phi) is 2.86. The number of nitrogens with two attached hydrogens (primary N) is 1. The summed E-state index contributed by atoms with van der Waals surface area (Å²) in [5.41, 5.74) is 9.78. The second kappa shape index (κ2) is 4.52. The Balaban J connectivity index is 1.71. The second-order valence-corrected chi connectivity index (χ2v) is 5.30. The molecule has 4 N–H and O–H groups in total. The molecule has 0 atom stereocenters. The first-order valence-electron chi connectivity index (χ1n) is 6.68. The number of hydrogen-bond acceptors (Lipinski definition) is 3. The van der Waals surface area contributed by atoms with Gasteiger partial charge >= 0.3 is 0 Å². The van der Waals surface area contributed by atoms with E-state index in [0.29, 0.717) is 12.1 Å². The van der Waals surface area contributed by atoms with E-state index < -0.39 is 0 Å². The summed E-state index contributed by atoms with van der Waals surface area (Å²) in [7, 11) is 0. The number of carbonyl (C=O) groups is 1. The minimum absolute atomic E-state index is 0.0799. The summed E-state index contributed by atoms with van der Waals surface area (Å²) in [5.74, 6) is 1.01. The van der Waals surface area contributed by atoms with Crippen LogP contribution in [0.4, 0.5) is 17.1 Å². The molecule has 2 aliphatic rings. The smallest absolute Gasteiger partial charge is 0.224 e. The van der Waals surface area contributed by atoms with Crippen LogP contribution in [0.5, 0.6) is 0 Å². The zero-order valence-corrected chi connectivity index (χ0v) is 10.5. The van der Waals surface area contributed by atoms with Crippen LogP contribution in [-0.4, -0.2) is 12.5 Å². The fraction of sp³-hybridized carbons (Fsp3) is 0.500. The molecule has 96 valence electrons. The van der Waals surface area contributed by atoms with Crippen LogP contribution in [0.2, 0.25) is 0 Å². The topological polar surface area (TPSA) is 67.1 Å². The Bertz CT molecular complexity index is 480. The van der Waals surface area contributed by atoms with E-state index in [9.17, 15) is 4.79 Å². The van der Waals surface area contributed by atoms with Crippen LogP contribution >= 0.6 is 0 Å². The van der Waals surface area contributed by atoms with Gasteiger partial charge in [-0.05, 0) is 36.5 Å².